The van der Waals surface area contributed by atoms with Gasteiger partial charge in [0.1, 0.15) is 6.61 Å². The van der Waals surface area contributed by atoms with Crippen molar-refractivity contribution < 1.29 is 19.1 Å². The molecule has 0 saturated heterocycles. The highest BCUT2D eigenvalue weighted by molar-refractivity contribution is 5.82. The van der Waals surface area contributed by atoms with Crippen LogP contribution in [0.1, 0.15) is 38.7 Å². The summed E-state index contributed by atoms with van der Waals surface area (Å²) >= 11 is 0. The first-order chi connectivity index (χ1) is 10.5. The SMILES string of the molecule is CCCCC(N=[N+]=[N-])(OC(C)=O)C(=O)OCc1ccccc1. The monoisotopic (exact) mass is 305 g/mol. The van der Waals surface area contributed by atoms with Crippen LogP contribution in [0.25, 0.3) is 10.4 Å². The second-order valence-electron chi connectivity index (χ2n) is 4.73. The number of rotatable bonds is 8. The number of nitrogens with zero attached hydrogens (tertiary/aromatic N) is 3. The lowest BCUT2D eigenvalue weighted by molar-refractivity contribution is -0.183. The highest BCUT2D eigenvalue weighted by Gasteiger charge is 2.42. The summed E-state index contributed by atoms with van der Waals surface area (Å²) in [4.78, 5) is 26.2. The molecule has 0 bridgehead atoms. The second-order valence-corrected chi connectivity index (χ2v) is 4.73. The van der Waals surface area contributed by atoms with E-state index in [2.05, 4.69) is 10.0 Å². The Labute approximate surface area is 128 Å². The Balaban J connectivity index is 2.89. The first kappa shape index (κ1) is 17.5. The Hall–Kier alpha value is -2.53. The number of benzene rings is 1. The average molecular weight is 305 g/mol. The van der Waals surface area contributed by atoms with E-state index in [1.807, 2.05) is 25.1 Å². The first-order valence-electron chi connectivity index (χ1n) is 7.01. The van der Waals surface area contributed by atoms with E-state index in [0.29, 0.717) is 6.42 Å². The van der Waals surface area contributed by atoms with Crippen LogP contribution in [0.3, 0.4) is 0 Å². The predicted molar refractivity (Wildman–Crippen MR) is 79.4 cm³/mol. The number of carbonyl (C=O) groups is 2. The fourth-order valence-corrected chi connectivity index (χ4v) is 1.87. The van der Waals surface area contributed by atoms with Gasteiger partial charge in [0.05, 0.1) is 0 Å². The third-order valence-electron chi connectivity index (χ3n) is 2.92. The van der Waals surface area contributed by atoms with Gasteiger partial charge in [0, 0.05) is 18.3 Å². The molecule has 118 valence electrons. The third-order valence-corrected chi connectivity index (χ3v) is 2.92. The molecule has 22 heavy (non-hydrogen) atoms. The van der Waals surface area contributed by atoms with Crippen LogP contribution < -0.4 is 0 Å². The zero-order valence-corrected chi connectivity index (χ0v) is 12.7. The predicted octanol–water partition coefficient (Wildman–Crippen LogP) is 3.49. The number of ether oxygens (including phenoxy) is 2. The van der Waals surface area contributed by atoms with E-state index < -0.39 is 17.7 Å². The van der Waals surface area contributed by atoms with Crippen LogP contribution in [0.5, 0.6) is 0 Å². The van der Waals surface area contributed by atoms with Crippen LogP contribution in [0.2, 0.25) is 0 Å². The van der Waals surface area contributed by atoms with Gasteiger partial charge >= 0.3 is 11.9 Å². The highest BCUT2D eigenvalue weighted by Crippen LogP contribution is 2.24. The summed E-state index contributed by atoms with van der Waals surface area (Å²) in [6.07, 6.45) is 1.38. The molecule has 0 aliphatic carbocycles. The Kier molecular flexibility index (Phi) is 6.92. The van der Waals surface area contributed by atoms with Crippen molar-refractivity contribution >= 4 is 11.9 Å². The number of hydrogen-bond donors (Lipinski definition) is 0. The minimum atomic E-state index is -1.94. The van der Waals surface area contributed by atoms with Crippen LogP contribution >= 0.6 is 0 Å². The van der Waals surface area contributed by atoms with Gasteiger partial charge in [-0.2, -0.15) is 0 Å². The Bertz CT molecular complexity index is 555. The van der Waals surface area contributed by atoms with E-state index in [4.69, 9.17) is 15.0 Å². The highest BCUT2D eigenvalue weighted by atomic mass is 16.6. The lowest BCUT2D eigenvalue weighted by Crippen LogP contribution is -2.42. The largest absolute Gasteiger partial charge is 0.458 e. The van der Waals surface area contributed by atoms with Crippen molar-refractivity contribution in [3.8, 4) is 0 Å². The smallest absolute Gasteiger partial charge is 0.357 e. The Morgan fingerprint density at radius 2 is 2.00 bits per heavy atom. The fraction of sp³-hybridized carbons (Fsp3) is 0.467. The minimum absolute atomic E-state index is 0.00968. The second kappa shape index (κ2) is 8.69. The van der Waals surface area contributed by atoms with Crippen LogP contribution in [0.4, 0.5) is 0 Å². The molecule has 1 aromatic carbocycles. The number of azide groups is 1. The van der Waals surface area contributed by atoms with E-state index in [0.717, 1.165) is 18.9 Å². The van der Waals surface area contributed by atoms with Crippen LogP contribution in [0, 0.1) is 0 Å². The van der Waals surface area contributed by atoms with Gasteiger partial charge in [-0.05, 0) is 22.6 Å². The van der Waals surface area contributed by atoms with Gasteiger partial charge in [-0.15, -0.1) is 0 Å². The molecular weight excluding hydrogens is 286 g/mol. The zero-order chi connectivity index (χ0) is 16.4. The van der Waals surface area contributed by atoms with Crippen LogP contribution in [0.15, 0.2) is 35.4 Å². The maximum Gasteiger partial charge on any atom is 0.357 e. The van der Waals surface area contributed by atoms with Gasteiger partial charge in [-0.3, -0.25) is 4.79 Å². The van der Waals surface area contributed by atoms with Crippen LogP contribution in [-0.4, -0.2) is 17.7 Å². The van der Waals surface area contributed by atoms with E-state index in [-0.39, 0.29) is 13.0 Å². The van der Waals surface area contributed by atoms with Gasteiger partial charge < -0.3 is 9.47 Å². The van der Waals surface area contributed by atoms with E-state index >= 15 is 0 Å². The lowest BCUT2D eigenvalue weighted by atomic mass is 10.1. The molecule has 1 unspecified atom stereocenters. The van der Waals surface area contributed by atoms with Gasteiger partial charge in [0.25, 0.3) is 5.72 Å². The molecule has 0 aliphatic rings. The van der Waals surface area contributed by atoms with Crippen LogP contribution in [-0.2, 0) is 25.7 Å². The van der Waals surface area contributed by atoms with E-state index in [9.17, 15) is 9.59 Å². The molecule has 0 spiro atoms. The average Bonchev–Trinajstić information content (AvgIpc) is 2.51. The molecule has 1 rings (SSSR count). The Morgan fingerprint density at radius 1 is 1.32 bits per heavy atom. The van der Waals surface area contributed by atoms with Crippen molar-refractivity contribution in [3.05, 3.63) is 46.3 Å². The number of hydrogen-bond acceptors (Lipinski definition) is 5. The molecule has 1 atom stereocenters. The van der Waals surface area contributed by atoms with Crippen molar-refractivity contribution in [1.29, 1.82) is 0 Å². The molecular formula is C15H19N3O4. The normalized spacial score (nSPS) is 12.6. The van der Waals surface area contributed by atoms with E-state index in [1.54, 1.807) is 12.1 Å². The summed E-state index contributed by atoms with van der Waals surface area (Å²) in [5.41, 5.74) is 7.55. The summed E-state index contributed by atoms with van der Waals surface area (Å²) in [7, 11) is 0. The molecule has 0 heterocycles. The summed E-state index contributed by atoms with van der Waals surface area (Å²) in [5.74, 6) is -1.57. The van der Waals surface area contributed by atoms with Gasteiger partial charge in [0.15, 0.2) is 0 Å². The molecule has 0 radical (unpaired) electrons. The molecule has 0 N–H and O–H groups in total. The van der Waals surface area contributed by atoms with Gasteiger partial charge in [-0.25, -0.2) is 4.79 Å². The molecule has 1 aromatic rings. The number of carbonyl (C=O) groups excluding carboxylic acids is 2. The molecule has 0 saturated carbocycles. The van der Waals surface area contributed by atoms with Gasteiger partial charge in [-0.1, -0.05) is 43.7 Å². The van der Waals surface area contributed by atoms with Crippen molar-refractivity contribution in [1.82, 2.24) is 0 Å². The summed E-state index contributed by atoms with van der Waals surface area (Å²) < 4.78 is 10.2. The summed E-state index contributed by atoms with van der Waals surface area (Å²) in [5, 5.41) is 3.41. The fourth-order valence-electron chi connectivity index (χ4n) is 1.87. The lowest BCUT2D eigenvalue weighted by Gasteiger charge is -2.25. The quantitative estimate of drug-likeness (QED) is 0.317. The van der Waals surface area contributed by atoms with Crippen molar-refractivity contribution in [2.24, 2.45) is 5.11 Å². The molecule has 0 amide bonds. The number of esters is 2. The third kappa shape index (κ3) is 5.10. The van der Waals surface area contributed by atoms with Crippen molar-refractivity contribution in [2.45, 2.75) is 45.4 Å². The zero-order valence-electron chi connectivity index (χ0n) is 12.7. The first-order valence-corrected chi connectivity index (χ1v) is 7.01. The molecule has 0 aromatic heterocycles. The molecule has 7 nitrogen and oxygen atoms in total. The molecule has 7 heteroatoms. The van der Waals surface area contributed by atoms with Crippen molar-refractivity contribution in [3.63, 3.8) is 0 Å². The number of unbranched alkanes of at least 4 members (excludes halogenated alkanes) is 1. The topological polar surface area (TPSA) is 101 Å². The molecule has 0 fully saturated rings. The van der Waals surface area contributed by atoms with E-state index in [1.165, 1.54) is 0 Å². The van der Waals surface area contributed by atoms with Crippen molar-refractivity contribution in [2.75, 3.05) is 0 Å². The standard InChI is InChI=1S/C15H19N3O4/c1-3-4-10-15(17-18-16,22-12(2)19)14(20)21-11-13-8-6-5-7-9-13/h5-9H,3-4,10-11H2,1-2H3. The summed E-state index contributed by atoms with van der Waals surface area (Å²) in [6.45, 7) is 3.07. The summed E-state index contributed by atoms with van der Waals surface area (Å²) in [6, 6.07) is 9.05. The Morgan fingerprint density at radius 3 is 2.55 bits per heavy atom. The maximum atomic E-state index is 12.3. The molecule has 0 aliphatic heterocycles. The maximum absolute atomic E-state index is 12.3. The minimum Gasteiger partial charge on any atom is -0.458 e. The van der Waals surface area contributed by atoms with Gasteiger partial charge in [0.2, 0.25) is 0 Å².